The molecule has 0 saturated heterocycles. The lowest BCUT2D eigenvalue weighted by atomic mass is 10.1. The zero-order valence-corrected chi connectivity index (χ0v) is 42.9. The molecule has 0 N–H and O–H groups in total. The Morgan fingerprint density at radius 1 is 0.313 bits per heavy atom. The molecule has 67 heavy (non-hydrogen) atoms. The average molecular weight is 925 g/mol. The van der Waals surface area contributed by atoms with Gasteiger partial charge in [0.15, 0.2) is 6.10 Å². The lowest BCUT2D eigenvalue weighted by molar-refractivity contribution is -0.166. The summed E-state index contributed by atoms with van der Waals surface area (Å²) in [5.41, 5.74) is 0. The summed E-state index contributed by atoms with van der Waals surface area (Å²) >= 11 is 0. The number of carbonyl (C=O) groups is 3. The average Bonchev–Trinajstić information content (AvgIpc) is 3.33. The van der Waals surface area contributed by atoms with Crippen molar-refractivity contribution in [1.29, 1.82) is 0 Å². The summed E-state index contributed by atoms with van der Waals surface area (Å²) in [6, 6.07) is 0. The van der Waals surface area contributed by atoms with Gasteiger partial charge in [-0.05, 0) is 109 Å². The van der Waals surface area contributed by atoms with Crippen LogP contribution in [0.1, 0.15) is 213 Å². The molecule has 6 heteroatoms. The largest absolute Gasteiger partial charge is 0.462 e. The quantitative estimate of drug-likeness (QED) is 0.0262. The van der Waals surface area contributed by atoms with Crippen molar-refractivity contribution in [3.63, 3.8) is 0 Å². The fourth-order valence-electron chi connectivity index (χ4n) is 6.65. The predicted molar refractivity (Wildman–Crippen MR) is 288 cm³/mol. The minimum atomic E-state index is -0.862. The van der Waals surface area contributed by atoms with Gasteiger partial charge in [-0.3, -0.25) is 14.4 Å². The molecule has 6 nitrogen and oxygen atoms in total. The molecular formula is C61H96O6. The normalized spacial score (nSPS) is 13.2. The summed E-state index contributed by atoms with van der Waals surface area (Å²) in [6.07, 6.45) is 76.1. The van der Waals surface area contributed by atoms with Gasteiger partial charge in [0.2, 0.25) is 0 Å². The van der Waals surface area contributed by atoms with E-state index in [1.807, 2.05) is 18.2 Å². The molecule has 0 fully saturated rings. The van der Waals surface area contributed by atoms with Gasteiger partial charge in [0, 0.05) is 19.3 Å². The van der Waals surface area contributed by atoms with E-state index in [-0.39, 0.29) is 44.4 Å². The molecule has 0 heterocycles. The van der Waals surface area contributed by atoms with Gasteiger partial charge in [0.1, 0.15) is 13.2 Å². The highest BCUT2D eigenvalue weighted by atomic mass is 16.6. The first-order valence-corrected chi connectivity index (χ1v) is 26.7. The van der Waals surface area contributed by atoms with Crippen LogP contribution >= 0.6 is 0 Å². The second-order valence-corrected chi connectivity index (χ2v) is 17.0. The van der Waals surface area contributed by atoms with Crippen molar-refractivity contribution in [3.05, 3.63) is 134 Å². The van der Waals surface area contributed by atoms with Crippen molar-refractivity contribution in [2.24, 2.45) is 0 Å². The molecule has 0 aliphatic heterocycles. The maximum absolute atomic E-state index is 12.8. The highest BCUT2D eigenvalue weighted by Gasteiger charge is 2.19. The molecule has 0 aromatic rings. The smallest absolute Gasteiger partial charge is 0.306 e. The Hall–Kier alpha value is -4.45. The third kappa shape index (κ3) is 52.4. The standard InChI is InChI=1S/C61H96O6/c1-4-7-10-13-16-19-22-25-27-29-30-32-33-36-39-42-45-48-51-54-60(63)66-57-58(56-65-59(62)53-50-47-44-41-38-35-24-21-18-15-12-9-6-3)67-61(64)55-52-49-46-43-40-37-34-31-28-26-23-20-17-14-11-8-5-2/h7,10,16,19,25-28,30,32,34-39,43-48,58H,4-6,8-9,11-15,17-18,20-24,29,31,33,40-42,49-57H2,1-3H3/b10-7-,19-16-,27-25-,28-26-,32-30-,37-34-,38-35-,39-36-,46-43-,47-44-,48-45-. The van der Waals surface area contributed by atoms with Crippen molar-refractivity contribution in [1.82, 2.24) is 0 Å². The van der Waals surface area contributed by atoms with Gasteiger partial charge >= 0.3 is 17.9 Å². The zero-order valence-electron chi connectivity index (χ0n) is 42.9. The maximum Gasteiger partial charge on any atom is 0.306 e. The van der Waals surface area contributed by atoms with Crippen molar-refractivity contribution >= 4 is 17.9 Å². The van der Waals surface area contributed by atoms with Crippen LogP contribution in [0.25, 0.3) is 0 Å². The summed E-state index contributed by atoms with van der Waals surface area (Å²) in [4.78, 5) is 37.9. The molecule has 0 aromatic heterocycles. The van der Waals surface area contributed by atoms with Crippen molar-refractivity contribution in [3.8, 4) is 0 Å². The summed E-state index contributed by atoms with van der Waals surface area (Å²) in [5, 5.41) is 0. The Balaban J connectivity index is 4.65. The van der Waals surface area contributed by atoms with Crippen LogP contribution in [0.2, 0.25) is 0 Å². The predicted octanol–water partition coefficient (Wildman–Crippen LogP) is 17.9. The van der Waals surface area contributed by atoms with Gasteiger partial charge in [-0.2, -0.15) is 0 Å². The molecule has 1 atom stereocenters. The van der Waals surface area contributed by atoms with Gasteiger partial charge in [-0.1, -0.05) is 219 Å². The van der Waals surface area contributed by atoms with Crippen LogP contribution in [0.3, 0.4) is 0 Å². The van der Waals surface area contributed by atoms with E-state index < -0.39 is 12.1 Å². The summed E-state index contributed by atoms with van der Waals surface area (Å²) in [6.45, 7) is 6.33. The number of hydrogen-bond donors (Lipinski definition) is 0. The zero-order chi connectivity index (χ0) is 48.6. The Bertz CT molecular complexity index is 1480. The van der Waals surface area contributed by atoms with Gasteiger partial charge in [0.05, 0.1) is 0 Å². The molecule has 0 spiro atoms. The van der Waals surface area contributed by atoms with Crippen LogP contribution in [0, 0.1) is 0 Å². The van der Waals surface area contributed by atoms with Crippen molar-refractivity contribution in [2.75, 3.05) is 13.2 Å². The van der Waals surface area contributed by atoms with E-state index in [0.29, 0.717) is 19.3 Å². The number of esters is 3. The second-order valence-electron chi connectivity index (χ2n) is 17.0. The minimum Gasteiger partial charge on any atom is -0.462 e. The third-order valence-electron chi connectivity index (χ3n) is 10.6. The molecule has 376 valence electrons. The molecule has 0 aliphatic carbocycles. The van der Waals surface area contributed by atoms with Crippen LogP contribution in [0.4, 0.5) is 0 Å². The summed E-state index contributed by atoms with van der Waals surface area (Å²) in [5.74, 6) is -1.17. The van der Waals surface area contributed by atoms with E-state index in [0.717, 1.165) is 70.6 Å². The SMILES string of the molecule is CC/C=C\C/C=C\C/C=C\C/C=C\C/C=C\C/C=C\CCC(=O)OCC(COC(=O)CC/C=C\C/C=C\CCCCCCCC)OC(=O)CCC/C=C\C/C=C\C/C=C\CCCCCCCC. The van der Waals surface area contributed by atoms with Gasteiger partial charge < -0.3 is 14.2 Å². The molecule has 0 rings (SSSR count). The van der Waals surface area contributed by atoms with Crippen LogP contribution < -0.4 is 0 Å². The molecule has 0 radical (unpaired) electrons. The fourth-order valence-corrected chi connectivity index (χ4v) is 6.65. The van der Waals surface area contributed by atoms with E-state index in [1.165, 1.54) is 83.5 Å². The van der Waals surface area contributed by atoms with Crippen LogP contribution in [-0.4, -0.2) is 37.2 Å². The van der Waals surface area contributed by atoms with Crippen LogP contribution in [-0.2, 0) is 28.6 Å². The monoisotopic (exact) mass is 925 g/mol. The second kappa shape index (κ2) is 54.2. The van der Waals surface area contributed by atoms with Gasteiger partial charge in [-0.15, -0.1) is 0 Å². The topological polar surface area (TPSA) is 78.9 Å². The first-order chi connectivity index (χ1) is 33.0. The molecular weight excluding hydrogens is 829 g/mol. The summed E-state index contributed by atoms with van der Waals surface area (Å²) < 4.78 is 16.6. The van der Waals surface area contributed by atoms with Gasteiger partial charge in [-0.25, -0.2) is 0 Å². The Morgan fingerprint density at radius 3 is 0.970 bits per heavy atom. The third-order valence-corrected chi connectivity index (χ3v) is 10.6. The Kier molecular flexibility index (Phi) is 50.6. The van der Waals surface area contributed by atoms with E-state index in [1.54, 1.807) is 0 Å². The minimum absolute atomic E-state index is 0.156. The first-order valence-electron chi connectivity index (χ1n) is 26.7. The highest BCUT2D eigenvalue weighted by molar-refractivity contribution is 5.71. The lowest BCUT2D eigenvalue weighted by Gasteiger charge is -2.18. The van der Waals surface area contributed by atoms with Crippen molar-refractivity contribution in [2.45, 2.75) is 219 Å². The lowest BCUT2D eigenvalue weighted by Crippen LogP contribution is -2.30. The molecule has 0 aliphatic rings. The highest BCUT2D eigenvalue weighted by Crippen LogP contribution is 2.10. The molecule has 0 amide bonds. The fraction of sp³-hybridized carbons (Fsp3) is 0.590. The molecule has 0 bridgehead atoms. The summed E-state index contributed by atoms with van der Waals surface area (Å²) in [7, 11) is 0. The maximum atomic E-state index is 12.8. The first kappa shape index (κ1) is 62.5. The number of unbranched alkanes of at least 4 members (excludes halogenated alkanes) is 13. The van der Waals surface area contributed by atoms with E-state index in [9.17, 15) is 14.4 Å². The van der Waals surface area contributed by atoms with Gasteiger partial charge in [0.25, 0.3) is 0 Å². The Labute approximate surface area is 411 Å². The molecule has 1 unspecified atom stereocenters. The number of allylic oxidation sites excluding steroid dienone is 22. The van der Waals surface area contributed by atoms with E-state index >= 15 is 0 Å². The van der Waals surface area contributed by atoms with Crippen molar-refractivity contribution < 1.29 is 28.6 Å². The number of ether oxygens (including phenoxy) is 3. The van der Waals surface area contributed by atoms with Crippen LogP contribution in [0.15, 0.2) is 134 Å². The number of rotatable bonds is 46. The van der Waals surface area contributed by atoms with E-state index in [4.69, 9.17) is 14.2 Å². The number of hydrogen-bond acceptors (Lipinski definition) is 6. The van der Waals surface area contributed by atoms with E-state index in [2.05, 4.69) is 136 Å². The Morgan fingerprint density at radius 2 is 0.612 bits per heavy atom. The number of carbonyl (C=O) groups excluding carboxylic acids is 3. The van der Waals surface area contributed by atoms with Crippen LogP contribution in [0.5, 0.6) is 0 Å². The molecule has 0 saturated carbocycles. The molecule has 0 aromatic carbocycles.